The van der Waals surface area contributed by atoms with E-state index in [0.717, 1.165) is 50.0 Å². The molecule has 572 valence electrons. The monoisotopic (exact) mass is 1680 g/mol. The van der Waals surface area contributed by atoms with Crippen LogP contribution >= 0.6 is 57.4 Å². The maximum Gasteiger partial charge on any atom is 0.416 e. The standard InChI is InChI=1S/C31H38ClFN4O3Si.C20H16ClFN4.C18H18ClFN2O3.C13H19IN2Si/c1-30(2,3)40-29(39)36(18-20-11-13-21(32)14-12-20)25-16-15-23(27(33)35-25)26(38)24-19-37(41(7,8)31(4,5)6)28-22(24)10-9-17-34-28;21-16-6-3-13(4-7-16)11-24-18-8-5-14(19(22)26-18)10-15-12-25-20-17(15)2-1-9-23-20;1-18(2,3)25-17(24)22(10-12-4-7-14(19)8-5-12)15-9-6-13(11-23)16(20)21-15;1-13(2,3)17(4,5)16-9-11(14)10-7-6-8-15-12(10)16/h9-17,19,26,38H,18H2,1-8H3;1-9,12H,10-11H2,(H,23,25)(H,24,26);4-9,11H,10H2,1-3H3;6-9H,1-5H3. The number of hydrogen-bond acceptors (Lipinski definition) is 13. The second-order valence-electron chi connectivity index (χ2n) is 31.2. The topological polar surface area (TPSA) is 211 Å². The van der Waals surface area contributed by atoms with Gasteiger partial charge in [-0.3, -0.25) is 14.6 Å². The molecule has 9 heterocycles. The van der Waals surface area contributed by atoms with E-state index in [1.807, 2.05) is 73.2 Å². The molecule has 27 heteroatoms. The van der Waals surface area contributed by atoms with Gasteiger partial charge in [-0.25, -0.2) is 39.5 Å². The molecule has 3 N–H and O–H groups in total. The summed E-state index contributed by atoms with van der Waals surface area (Å²) in [6.45, 7) is 34.2. The van der Waals surface area contributed by atoms with Crippen LogP contribution < -0.4 is 15.1 Å². The molecule has 0 radical (unpaired) electrons. The van der Waals surface area contributed by atoms with E-state index in [2.05, 4.69) is 151 Å². The quantitative estimate of drug-likeness (QED) is 0.0356. The maximum atomic E-state index is 15.7. The fraction of sp³-hybridized carbons (Fsp3) is 0.305. The third kappa shape index (κ3) is 21.3. The Morgan fingerprint density at radius 1 is 0.560 bits per heavy atom. The Labute approximate surface area is 665 Å². The molecular weight excluding hydrogens is 1600 g/mol. The second-order valence-corrected chi connectivity index (χ2v) is 43.9. The zero-order valence-corrected chi connectivity index (χ0v) is 70.3. The van der Waals surface area contributed by atoms with E-state index in [4.69, 9.17) is 44.3 Å². The number of pyridine rings is 6. The molecule has 0 aliphatic heterocycles. The first-order valence-corrected chi connectivity index (χ1v) is 43.3. The van der Waals surface area contributed by atoms with Crippen LogP contribution in [-0.4, -0.2) is 94.6 Å². The molecule has 1 atom stereocenters. The van der Waals surface area contributed by atoms with Gasteiger partial charge in [-0.1, -0.05) is 145 Å². The fourth-order valence-corrected chi connectivity index (χ4v) is 16.2. The Bertz CT molecular complexity index is 5180. The predicted molar refractivity (Wildman–Crippen MR) is 445 cm³/mol. The van der Waals surface area contributed by atoms with E-state index in [-0.39, 0.29) is 40.9 Å². The van der Waals surface area contributed by atoms with Crippen LogP contribution in [0.25, 0.3) is 33.1 Å². The molecule has 0 aliphatic rings. The minimum atomic E-state index is -2.11. The number of fused-ring (bicyclic) bond motifs is 3. The zero-order chi connectivity index (χ0) is 79.7. The summed E-state index contributed by atoms with van der Waals surface area (Å²) in [5.41, 5.74) is 5.70. The van der Waals surface area contributed by atoms with Crippen LogP contribution in [0.4, 0.5) is 40.2 Å². The summed E-state index contributed by atoms with van der Waals surface area (Å²) < 4.78 is 60.9. The normalized spacial score (nSPS) is 12.3. The van der Waals surface area contributed by atoms with E-state index >= 15 is 4.39 Å². The van der Waals surface area contributed by atoms with Gasteiger partial charge in [0.25, 0.3) is 0 Å². The van der Waals surface area contributed by atoms with E-state index in [0.29, 0.717) is 56.3 Å². The van der Waals surface area contributed by atoms with Crippen molar-refractivity contribution in [3.63, 3.8) is 0 Å². The molecule has 0 bridgehead atoms. The molecule has 0 saturated heterocycles. The van der Waals surface area contributed by atoms with Crippen molar-refractivity contribution in [2.24, 2.45) is 0 Å². The number of aromatic nitrogens is 9. The van der Waals surface area contributed by atoms with Crippen molar-refractivity contribution >= 4 is 143 Å². The Balaban J connectivity index is 0.000000176. The van der Waals surface area contributed by atoms with Gasteiger partial charge in [-0.15, -0.1) is 0 Å². The summed E-state index contributed by atoms with van der Waals surface area (Å²) in [6, 6.07) is 42.3. The molecule has 1 unspecified atom stereocenters. The van der Waals surface area contributed by atoms with Crippen LogP contribution in [0.15, 0.2) is 183 Å². The van der Waals surface area contributed by atoms with Crippen LogP contribution in [0.5, 0.6) is 0 Å². The zero-order valence-electron chi connectivity index (χ0n) is 63.9. The number of aliphatic hydroxyl groups is 1. The average molecular weight is 1690 g/mol. The Morgan fingerprint density at radius 2 is 1.02 bits per heavy atom. The van der Waals surface area contributed by atoms with Gasteiger partial charge in [0.1, 0.15) is 51.7 Å². The Kier molecular flexibility index (Phi) is 26.9. The van der Waals surface area contributed by atoms with Crippen molar-refractivity contribution < 1.29 is 42.1 Å². The van der Waals surface area contributed by atoms with E-state index < -0.39 is 63.8 Å². The van der Waals surface area contributed by atoms with Gasteiger partial charge < -0.3 is 33.3 Å². The first kappa shape index (κ1) is 84.0. The van der Waals surface area contributed by atoms with Gasteiger partial charge in [0.05, 0.1) is 18.7 Å². The molecule has 0 fully saturated rings. The minimum Gasteiger partial charge on any atom is -0.443 e. The lowest BCUT2D eigenvalue weighted by atomic mass is 10.0. The molecule has 0 saturated carbocycles. The van der Waals surface area contributed by atoms with Crippen LogP contribution in [0.3, 0.4) is 0 Å². The third-order valence-corrected chi connectivity index (χ3v) is 31.0. The summed E-state index contributed by atoms with van der Waals surface area (Å²) in [7, 11) is -3.69. The summed E-state index contributed by atoms with van der Waals surface area (Å²) in [4.78, 5) is 67.4. The van der Waals surface area contributed by atoms with Gasteiger partial charge in [0, 0.05) is 102 Å². The molecule has 9 aromatic heterocycles. The van der Waals surface area contributed by atoms with Gasteiger partial charge in [-0.2, -0.15) is 13.2 Å². The molecular formula is C82H91Cl3F3IN12O6Si2. The van der Waals surface area contributed by atoms with Crippen molar-refractivity contribution in [1.29, 1.82) is 0 Å². The highest BCUT2D eigenvalue weighted by Gasteiger charge is 2.41. The SMILES string of the molecule is CC(C)(C)OC(=O)N(Cc1ccc(Cl)cc1)c1ccc(C(O)c2cn([Si](C)(C)C(C)(C)C)c3ncccc23)c(F)n1.CC(C)(C)OC(=O)N(Cc1ccc(Cl)cc1)c1ccc(C=O)c(F)n1.CC(C)(C)[Si](C)(C)n1cc(I)c2cccnc21.Fc1nc(NCc2ccc(Cl)cc2)ccc1Cc1c[nH]c2ncccc12. The molecule has 3 aromatic carbocycles. The van der Waals surface area contributed by atoms with Crippen molar-refractivity contribution in [1.82, 2.24) is 43.4 Å². The van der Waals surface area contributed by atoms with E-state index in [1.54, 1.807) is 115 Å². The number of ether oxygens (including phenoxy) is 2. The number of aliphatic hydroxyl groups excluding tert-OH is 1. The number of carbonyl (C=O) groups is 3. The number of benzene rings is 3. The highest BCUT2D eigenvalue weighted by atomic mass is 127. The Hall–Kier alpha value is -9.03. The summed E-state index contributed by atoms with van der Waals surface area (Å²) in [5, 5.41) is 19.8. The van der Waals surface area contributed by atoms with Crippen LogP contribution in [0.2, 0.25) is 51.3 Å². The highest BCUT2D eigenvalue weighted by Crippen LogP contribution is 2.43. The third-order valence-electron chi connectivity index (χ3n) is 18.9. The number of H-pyrrole nitrogens is 1. The number of anilines is 3. The number of aromatic amines is 1. The number of nitrogens with zero attached hydrogens (tertiary/aromatic N) is 10. The second kappa shape index (κ2) is 34.9. The van der Waals surface area contributed by atoms with Crippen molar-refractivity contribution in [3.05, 3.63) is 264 Å². The van der Waals surface area contributed by atoms with E-state index in [9.17, 15) is 28.3 Å². The molecule has 2 amide bonds. The summed E-state index contributed by atoms with van der Waals surface area (Å²) in [6.07, 6.45) is 9.58. The van der Waals surface area contributed by atoms with Crippen LogP contribution in [0, 0.1) is 21.4 Å². The number of aldehydes is 1. The molecule has 12 aromatic rings. The molecule has 18 nitrogen and oxygen atoms in total. The average Bonchev–Trinajstić information content (AvgIpc) is 1.61. The summed E-state index contributed by atoms with van der Waals surface area (Å²) >= 11 is 20.2. The number of amides is 2. The number of halogens is 7. The lowest BCUT2D eigenvalue weighted by molar-refractivity contribution is 0.0565. The van der Waals surface area contributed by atoms with Gasteiger partial charge in [0.15, 0.2) is 22.8 Å². The van der Waals surface area contributed by atoms with Gasteiger partial charge in [-0.05, 0) is 200 Å². The molecule has 109 heavy (non-hydrogen) atoms. The number of carbonyl (C=O) groups excluding carboxylic acids is 3. The lowest BCUT2D eigenvalue weighted by Crippen LogP contribution is -2.45. The largest absolute Gasteiger partial charge is 0.443 e. The lowest BCUT2D eigenvalue weighted by Gasteiger charge is -2.38. The van der Waals surface area contributed by atoms with Gasteiger partial charge >= 0.3 is 12.2 Å². The smallest absolute Gasteiger partial charge is 0.416 e. The fourth-order valence-electron chi connectivity index (χ4n) is 11.0. The number of hydrogen-bond donors (Lipinski definition) is 3. The molecule has 0 spiro atoms. The minimum absolute atomic E-state index is 0.00233. The molecule has 0 aliphatic carbocycles. The van der Waals surface area contributed by atoms with Crippen LogP contribution in [-0.2, 0) is 35.5 Å². The van der Waals surface area contributed by atoms with Crippen molar-refractivity contribution in [2.75, 3.05) is 15.1 Å². The highest BCUT2D eigenvalue weighted by molar-refractivity contribution is 14.1. The van der Waals surface area contributed by atoms with Crippen LogP contribution in [0.1, 0.15) is 138 Å². The van der Waals surface area contributed by atoms with Crippen molar-refractivity contribution in [3.8, 4) is 0 Å². The van der Waals surface area contributed by atoms with Crippen molar-refractivity contribution in [2.45, 2.75) is 163 Å². The number of rotatable bonds is 16. The summed E-state index contributed by atoms with van der Waals surface area (Å²) in [5.74, 6) is -1.68. The van der Waals surface area contributed by atoms with Gasteiger partial charge in [0.2, 0.25) is 17.8 Å². The number of nitrogens with one attached hydrogen (secondary N) is 2. The maximum absolute atomic E-state index is 15.7. The Morgan fingerprint density at radius 3 is 1.50 bits per heavy atom. The predicted octanol–water partition coefficient (Wildman–Crippen LogP) is 22.2. The molecule has 12 rings (SSSR count). The first-order chi connectivity index (χ1) is 51.1. The first-order valence-electron chi connectivity index (χ1n) is 35.2. The van der Waals surface area contributed by atoms with E-state index in [1.165, 1.54) is 43.0 Å².